The van der Waals surface area contributed by atoms with Crippen molar-refractivity contribution in [1.29, 1.82) is 5.26 Å². The Hall–Kier alpha value is -2.24. The van der Waals surface area contributed by atoms with Crippen molar-refractivity contribution in [2.75, 3.05) is 11.9 Å². The number of aromatic nitrogens is 1. The van der Waals surface area contributed by atoms with E-state index in [0.29, 0.717) is 47.0 Å². The van der Waals surface area contributed by atoms with Gasteiger partial charge in [-0.25, -0.2) is 0 Å². The predicted molar refractivity (Wildman–Crippen MR) is 99.4 cm³/mol. The van der Waals surface area contributed by atoms with Crippen LogP contribution in [-0.4, -0.2) is 27.3 Å². The zero-order valence-corrected chi connectivity index (χ0v) is 14.9. The largest absolute Gasteiger partial charge is 0.344 e. The molecule has 0 unspecified atom stereocenters. The summed E-state index contributed by atoms with van der Waals surface area (Å²) in [5, 5.41) is 12.4. The highest BCUT2D eigenvalue weighted by atomic mass is 32.2. The van der Waals surface area contributed by atoms with Crippen LogP contribution in [0.2, 0.25) is 0 Å². The fourth-order valence-electron chi connectivity index (χ4n) is 2.07. The van der Waals surface area contributed by atoms with Gasteiger partial charge in [-0.05, 0) is 48.1 Å². The number of pyridine rings is 1. The molecule has 0 fully saturated rings. The molecule has 4 nitrogen and oxygen atoms in total. The molecule has 0 saturated heterocycles. The lowest BCUT2D eigenvalue weighted by Crippen LogP contribution is -2.35. The Balaban J connectivity index is 2.02. The van der Waals surface area contributed by atoms with Gasteiger partial charge in [0.15, 0.2) is 5.11 Å². The van der Waals surface area contributed by atoms with Crippen molar-refractivity contribution in [3.8, 4) is 6.07 Å². The number of thiocarbonyl (C=S) groups is 1. The SMILES string of the molecule is N#CCCN(Cc1cccnc1)C(=S)Nc1ccc(SC(F)F)cc1. The summed E-state index contributed by atoms with van der Waals surface area (Å²) in [6.07, 6.45) is 3.78. The van der Waals surface area contributed by atoms with E-state index < -0.39 is 5.76 Å². The second-order valence-corrected chi connectivity index (χ2v) is 6.47. The summed E-state index contributed by atoms with van der Waals surface area (Å²) >= 11 is 5.93. The summed E-state index contributed by atoms with van der Waals surface area (Å²) in [7, 11) is 0. The minimum atomic E-state index is -2.44. The number of thioether (sulfide) groups is 1. The molecule has 0 amide bonds. The van der Waals surface area contributed by atoms with Crippen molar-refractivity contribution >= 4 is 34.8 Å². The van der Waals surface area contributed by atoms with Crippen LogP contribution < -0.4 is 5.32 Å². The molecule has 8 heteroatoms. The number of nitrogens with one attached hydrogen (secondary N) is 1. The third kappa shape index (κ3) is 6.64. The van der Waals surface area contributed by atoms with Crippen LogP contribution in [0.5, 0.6) is 0 Å². The van der Waals surface area contributed by atoms with Gasteiger partial charge in [-0.3, -0.25) is 4.98 Å². The van der Waals surface area contributed by atoms with Crippen LogP contribution in [0.25, 0.3) is 0 Å². The second kappa shape index (κ2) is 9.91. The molecule has 1 aromatic heterocycles. The third-order valence-corrected chi connectivity index (χ3v) is 4.29. The van der Waals surface area contributed by atoms with E-state index in [0.717, 1.165) is 5.56 Å². The van der Waals surface area contributed by atoms with E-state index in [2.05, 4.69) is 16.4 Å². The Labute approximate surface area is 154 Å². The molecule has 0 aliphatic rings. The molecule has 0 radical (unpaired) electrons. The lowest BCUT2D eigenvalue weighted by atomic mass is 10.2. The molecular formula is C17H16F2N4S2. The van der Waals surface area contributed by atoms with Crippen LogP contribution in [0.3, 0.4) is 0 Å². The van der Waals surface area contributed by atoms with E-state index >= 15 is 0 Å². The molecular weight excluding hydrogens is 362 g/mol. The summed E-state index contributed by atoms with van der Waals surface area (Å²) in [6, 6.07) is 12.5. The summed E-state index contributed by atoms with van der Waals surface area (Å²) in [4.78, 5) is 6.44. The molecule has 0 bridgehead atoms. The maximum atomic E-state index is 12.4. The van der Waals surface area contributed by atoms with Crippen molar-refractivity contribution in [1.82, 2.24) is 9.88 Å². The van der Waals surface area contributed by atoms with Gasteiger partial charge in [0, 0.05) is 36.1 Å². The normalized spacial score (nSPS) is 10.3. The van der Waals surface area contributed by atoms with E-state index in [1.54, 1.807) is 36.7 Å². The first-order valence-electron chi connectivity index (χ1n) is 7.45. The molecule has 0 aliphatic heterocycles. The average molecular weight is 378 g/mol. The van der Waals surface area contributed by atoms with E-state index in [9.17, 15) is 8.78 Å². The van der Waals surface area contributed by atoms with Gasteiger partial charge in [-0.1, -0.05) is 17.8 Å². The summed E-state index contributed by atoms with van der Waals surface area (Å²) in [6.45, 7) is 1.01. The highest BCUT2D eigenvalue weighted by Crippen LogP contribution is 2.26. The third-order valence-electron chi connectivity index (χ3n) is 3.21. The van der Waals surface area contributed by atoms with Gasteiger partial charge in [0.1, 0.15) is 0 Å². The number of nitriles is 1. The second-order valence-electron chi connectivity index (χ2n) is 5.02. The van der Waals surface area contributed by atoms with Gasteiger partial charge in [-0.2, -0.15) is 14.0 Å². The monoisotopic (exact) mass is 378 g/mol. The lowest BCUT2D eigenvalue weighted by molar-refractivity contribution is 0.252. The standard InChI is InChI=1S/C17H16F2N4S2/c18-16(19)25-15-6-4-14(5-7-15)22-17(24)23(10-2-8-20)12-13-3-1-9-21-11-13/h1,3-7,9,11,16H,2,10,12H2,(H,22,24). The highest BCUT2D eigenvalue weighted by Gasteiger charge is 2.11. The summed E-state index contributed by atoms with van der Waals surface area (Å²) in [5.41, 5.74) is 1.69. The van der Waals surface area contributed by atoms with E-state index in [-0.39, 0.29) is 0 Å². The Morgan fingerprint density at radius 2 is 2.08 bits per heavy atom. The van der Waals surface area contributed by atoms with Crippen LogP contribution >= 0.6 is 24.0 Å². The predicted octanol–water partition coefficient (Wildman–Crippen LogP) is 4.51. The van der Waals surface area contributed by atoms with Gasteiger partial charge in [0.2, 0.25) is 0 Å². The Morgan fingerprint density at radius 3 is 2.68 bits per heavy atom. The van der Waals surface area contributed by atoms with Crippen LogP contribution in [0.1, 0.15) is 12.0 Å². The molecule has 25 heavy (non-hydrogen) atoms. The molecule has 1 heterocycles. The first-order chi connectivity index (χ1) is 12.1. The molecule has 1 aromatic carbocycles. The van der Waals surface area contributed by atoms with Crippen molar-refractivity contribution in [2.45, 2.75) is 23.6 Å². The number of alkyl halides is 2. The first kappa shape index (κ1) is 19.1. The van der Waals surface area contributed by atoms with Crippen LogP contribution in [-0.2, 0) is 6.54 Å². The zero-order valence-electron chi connectivity index (χ0n) is 13.2. The minimum absolute atomic E-state index is 0.339. The molecule has 0 aliphatic carbocycles. The van der Waals surface area contributed by atoms with E-state index in [1.165, 1.54) is 0 Å². The van der Waals surface area contributed by atoms with Crippen LogP contribution in [0, 0.1) is 11.3 Å². The minimum Gasteiger partial charge on any atom is -0.344 e. The van der Waals surface area contributed by atoms with Gasteiger partial charge in [0.25, 0.3) is 5.76 Å². The average Bonchev–Trinajstić information content (AvgIpc) is 2.60. The zero-order chi connectivity index (χ0) is 18.1. The first-order valence-corrected chi connectivity index (χ1v) is 8.74. The molecule has 0 spiro atoms. The Bertz CT molecular complexity index is 718. The lowest BCUT2D eigenvalue weighted by Gasteiger charge is -2.25. The topological polar surface area (TPSA) is 52.0 Å². The number of rotatable bonds is 7. The van der Waals surface area contributed by atoms with Gasteiger partial charge in [-0.15, -0.1) is 0 Å². The number of anilines is 1. The molecule has 2 aromatic rings. The van der Waals surface area contributed by atoms with Gasteiger partial charge < -0.3 is 10.2 Å². The molecule has 1 N–H and O–H groups in total. The summed E-state index contributed by atoms with van der Waals surface area (Å²) in [5.74, 6) is -2.44. The van der Waals surface area contributed by atoms with Gasteiger partial charge in [0.05, 0.1) is 12.5 Å². The maximum absolute atomic E-state index is 12.4. The van der Waals surface area contributed by atoms with Gasteiger partial charge >= 0.3 is 0 Å². The molecule has 130 valence electrons. The van der Waals surface area contributed by atoms with Crippen molar-refractivity contribution in [3.63, 3.8) is 0 Å². The quantitative estimate of drug-likeness (QED) is 0.565. The number of hydrogen-bond acceptors (Lipinski definition) is 4. The molecule has 0 atom stereocenters. The van der Waals surface area contributed by atoms with Crippen molar-refractivity contribution in [2.24, 2.45) is 0 Å². The Morgan fingerprint density at radius 1 is 1.32 bits per heavy atom. The Kier molecular flexibility index (Phi) is 7.57. The van der Waals surface area contributed by atoms with Crippen LogP contribution in [0.15, 0.2) is 53.7 Å². The van der Waals surface area contributed by atoms with Crippen molar-refractivity contribution < 1.29 is 8.78 Å². The number of halogens is 2. The molecule has 0 saturated carbocycles. The van der Waals surface area contributed by atoms with E-state index in [4.69, 9.17) is 17.5 Å². The maximum Gasteiger partial charge on any atom is 0.288 e. The number of benzene rings is 1. The number of hydrogen-bond donors (Lipinski definition) is 1. The smallest absolute Gasteiger partial charge is 0.288 e. The van der Waals surface area contributed by atoms with Crippen molar-refractivity contribution in [3.05, 3.63) is 54.4 Å². The molecule has 2 rings (SSSR count). The van der Waals surface area contributed by atoms with E-state index in [1.807, 2.05) is 17.0 Å². The summed E-state index contributed by atoms with van der Waals surface area (Å²) < 4.78 is 24.7. The highest BCUT2D eigenvalue weighted by molar-refractivity contribution is 7.99. The fourth-order valence-corrected chi connectivity index (χ4v) is 2.84. The fraction of sp³-hybridized carbons (Fsp3) is 0.235. The van der Waals surface area contributed by atoms with Crippen LogP contribution in [0.4, 0.5) is 14.5 Å². The number of nitrogens with zero attached hydrogens (tertiary/aromatic N) is 3.